The van der Waals surface area contributed by atoms with Crippen molar-refractivity contribution in [2.24, 2.45) is 0 Å². The second-order valence-electron chi connectivity index (χ2n) is 8.65. The van der Waals surface area contributed by atoms with Gasteiger partial charge >= 0.3 is 12.1 Å². The number of hydrogen-bond donors (Lipinski definition) is 3. The van der Waals surface area contributed by atoms with Crippen LogP contribution in [0.15, 0.2) is 48.5 Å². The van der Waals surface area contributed by atoms with Crippen molar-refractivity contribution < 1.29 is 37.4 Å². The van der Waals surface area contributed by atoms with Crippen LogP contribution >= 0.6 is 0 Å². The first kappa shape index (κ1) is 27.0. The number of nitrogens with zero attached hydrogens (tertiary/aromatic N) is 1. The summed E-state index contributed by atoms with van der Waals surface area (Å²) in [6, 6.07) is 11.0. The van der Waals surface area contributed by atoms with E-state index >= 15 is 0 Å². The molecule has 3 N–H and O–H groups in total. The minimum Gasteiger partial charge on any atom is -0.480 e. The fourth-order valence-electron chi connectivity index (χ4n) is 3.68. The molecule has 1 saturated heterocycles. The average molecular weight is 508 g/mol. The fraction of sp³-hybridized carbons (Fsp3) is 0.400. The summed E-state index contributed by atoms with van der Waals surface area (Å²) in [5.41, 5.74) is 1.81. The highest BCUT2D eigenvalue weighted by Crippen LogP contribution is 2.27. The molecule has 0 bridgehead atoms. The van der Waals surface area contributed by atoms with Gasteiger partial charge in [-0.05, 0) is 41.8 Å². The van der Waals surface area contributed by atoms with Crippen LogP contribution in [0.1, 0.15) is 30.4 Å². The van der Waals surface area contributed by atoms with E-state index in [4.69, 9.17) is 4.74 Å². The Bertz CT molecular complexity index is 1040. The summed E-state index contributed by atoms with van der Waals surface area (Å²) >= 11 is 0. The zero-order valence-electron chi connectivity index (χ0n) is 19.5. The molecule has 3 rings (SSSR count). The van der Waals surface area contributed by atoms with Gasteiger partial charge in [-0.3, -0.25) is 4.79 Å². The number of nitrogens with one attached hydrogen (secondary N) is 2. The number of piperidine rings is 1. The second kappa shape index (κ2) is 12.4. The van der Waals surface area contributed by atoms with Crippen molar-refractivity contribution in [2.75, 3.05) is 25.0 Å². The molecule has 2 aromatic rings. The first-order chi connectivity index (χ1) is 17.1. The Kier molecular flexibility index (Phi) is 9.29. The number of carbonyl (C=O) groups is 3. The summed E-state index contributed by atoms with van der Waals surface area (Å²) in [6.07, 6.45) is -1.31. The Labute approximate surface area is 206 Å². The van der Waals surface area contributed by atoms with Gasteiger partial charge in [0, 0.05) is 38.2 Å². The van der Waals surface area contributed by atoms with Crippen LogP contribution < -0.4 is 10.6 Å². The van der Waals surface area contributed by atoms with Crippen molar-refractivity contribution in [3.63, 3.8) is 0 Å². The van der Waals surface area contributed by atoms with E-state index in [0.717, 1.165) is 0 Å². The van der Waals surface area contributed by atoms with Crippen molar-refractivity contribution in [3.05, 3.63) is 65.5 Å². The second-order valence-corrected chi connectivity index (χ2v) is 8.65. The van der Waals surface area contributed by atoms with Crippen molar-refractivity contribution in [2.45, 2.75) is 44.3 Å². The van der Waals surface area contributed by atoms with Crippen LogP contribution in [0.5, 0.6) is 0 Å². The van der Waals surface area contributed by atoms with Gasteiger partial charge in [0.25, 0.3) is 5.92 Å². The van der Waals surface area contributed by atoms with E-state index in [1.54, 1.807) is 29.2 Å². The maximum Gasteiger partial charge on any atom is 0.408 e. The minimum atomic E-state index is -2.68. The molecule has 1 aliphatic heterocycles. The molecular formula is C25H28F3N3O5. The van der Waals surface area contributed by atoms with Crippen molar-refractivity contribution >= 4 is 23.7 Å². The average Bonchev–Trinajstić information content (AvgIpc) is 2.83. The molecule has 0 aliphatic carbocycles. The van der Waals surface area contributed by atoms with Gasteiger partial charge in [-0.1, -0.05) is 24.3 Å². The maximum absolute atomic E-state index is 13.2. The zero-order chi connectivity index (χ0) is 26.1. The number of benzene rings is 2. The van der Waals surface area contributed by atoms with Gasteiger partial charge in [0.1, 0.15) is 18.5 Å². The highest BCUT2D eigenvalue weighted by molar-refractivity contribution is 5.92. The number of likely N-dealkylation sites (tertiary alicyclic amines) is 1. The molecular weight excluding hydrogens is 479 g/mol. The molecule has 0 saturated carbocycles. The fourth-order valence-corrected chi connectivity index (χ4v) is 3.68. The van der Waals surface area contributed by atoms with Gasteiger partial charge in [0.2, 0.25) is 5.91 Å². The lowest BCUT2D eigenvalue weighted by Gasteiger charge is -2.32. The van der Waals surface area contributed by atoms with E-state index in [9.17, 15) is 32.7 Å². The normalized spacial score (nSPS) is 16.1. The number of alkyl halides is 2. The number of halogens is 3. The molecule has 2 aromatic carbocycles. The SMILES string of the molecule is O=C(Cc1ccc(F)cc1)Nc1ccc(COC(=O)N[C@@H](CCN2CCC(F)(F)CC2)C(=O)O)cc1. The lowest BCUT2D eigenvalue weighted by Crippen LogP contribution is -2.45. The number of hydrogen-bond acceptors (Lipinski definition) is 5. The summed E-state index contributed by atoms with van der Waals surface area (Å²) in [4.78, 5) is 37.5. The van der Waals surface area contributed by atoms with Crippen LogP contribution in [0.3, 0.4) is 0 Å². The molecule has 0 aromatic heterocycles. The summed E-state index contributed by atoms with van der Waals surface area (Å²) in [6.45, 7) is 0.490. The van der Waals surface area contributed by atoms with E-state index in [0.29, 0.717) is 16.8 Å². The Balaban J connectivity index is 1.40. The van der Waals surface area contributed by atoms with Crippen LogP contribution in [0.4, 0.5) is 23.7 Å². The Hall–Kier alpha value is -3.60. The van der Waals surface area contributed by atoms with Crippen LogP contribution in [0.2, 0.25) is 0 Å². The predicted molar refractivity (Wildman–Crippen MR) is 125 cm³/mol. The molecule has 1 heterocycles. The van der Waals surface area contributed by atoms with E-state index in [-0.39, 0.29) is 63.6 Å². The number of carbonyl (C=O) groups excluding carboxylic acids is 2. The summed E-state index contributed by atoms with van der Waals surface area (Å²) < 4.78 is 44.5. The molecule has 0 spiro atoms. The third kappa shape index (κ3) is 8.88. The predicted octanol–water partition coefficient (Wildman–Crippen LogP) is 3.81. The third-order valence-electron chi connectivity index (χ3n) is 5.80. The number of carboxylic acid groups (broad SMARTS) is 1. The molecule has 0 radical (unpaired) electrons. The van der Waals surface area contributed by atoms with E-state index < -0.39 is 24.0 Å². The first-order valence-corrected chi connectivity index (χ1v) is 11.5. The highest BCUT2D eigenvalue weighted by Gasteiger charge is 2.34. The number of anilines is 1. The molecule has 1 atom stereocenters. The van der Waals surface area contributed by atoms with Gasteiger partial charge in [-0.15, -0.1) is 0 Å². The topological polar surface area (TPSA) is 108 Å². The number of ether oxygens (including phenoxy) is 1. The molecule has 0 unspecified atom stereocenters. The van der Waals surface area contributed by atoms with Crippen molar-refractivity contribution in [3.8, 4) is 0 Å². The number of carboxylic acids is 1. The highest BCUT2D eigenvalue weighted by atomic mass is 19.3. The number of alkyl carbamates (subject to hydrolysis) is 1. The van der Waals surface area contributed by atoms with E-state index in [2.05, 4.69) is 10.6 Å². The largest absolute Gasteiger partial charge is 0.480 e. The smallest absolute Gasteiger partial charge is 0.408 e. The Morgan fingerprint density at radius 2 is 1.61 bits per heavy atom. The molecule has 1 aliphatic rings. The maximum atomic E-state index is 13.2. The monoisotopic (exact) mass is 507 g/mol. The third-order valence-corrected chi connectivity index (χ3v) is 5.80. The molecule has 36 heavy (non-hydrogen) atoms. The lowest BCUT2D eigenvalue weighted by molar-refractivity contribution is -0.139. The van der Waals surface area contributed by atoms with E-state index in [1.807, 2.05) is 0 Å². The van der Waals surface area contributed by atoms with Crippen LogP contribution in [-0.2, 0) is 27.4 Å². The molecule has 194 valence electrons. The van der Waals surface area contributed by atoms with Gasteiger partial charge < -0.3 is 25.4 Å². The van der Waals surface area contributed by atoms with Gasteiger partial charge in [0.15, 0.2) is 0 Å². The summed E-state index contributed by atoms with van der Waals surface area (Å²) in [5, 5.41) is 14.4. The van der Waals surface area contributed by atoms with Crippen molar-refractivity contribution in [1.29, 1.82) is 0 Å². The van der Waals surface area contributed by atoms with Gasteiger partial charge in [0.05, 0.1) is 6.42 Å². The van der Waals surface area contributed by atoms with Crippen LogP contribution in [0.25, 0.3) is 0 Å². The number of amides is 2. The quantitative estimate of drug-likeness (QED) is 0.452. The van der Waals surface area contributed by atoms with Crippen LogP contribution in [0, 0.1) is 5.82 Å². The Morgan fingerprint density at radius 1 is 1.00 bits per heavy atom. The summed E-state index contributed by atoms with van der Waals surface area (Å²) in [7, 11) is 0. The standard InChI is InChI=1S/C25H28F3N3O5/c26-19-5-1-17(2-6-19)15-22(32)29-20-7-3-18(4-8-20)16-36-24(35)30-21(23(33)34)9-12-31-13-10-25(27,28)11-14-31/h1-8,21H,9-16H2,(H,29,32)(H,30,35)(H,33,34)/t21-/m0/s1. The molecule has 2 amide bonds. The Morgan fingerprint density at radius 3 is 2.22 bits per heavy atom. The van der Waals surface area contributed by atoms with Crippen molar-refractivity contribution in [1.82, 2.24) is 10.2 Å². The van der Waals surface area contributed by atoms with Crippen LogP contribution in [-0.4, -0.2) is 59.6 Å². The van der Waals surface area contributed by atoms with Gasteiger partial charge in [-0.25, -0.2) is 22.8 Å². The molecule has 1 fully saturated rings. The number of rotatable bonds is 10. The minimum absolute atomic E-state index is 0.0579. The van der Waals surface area contributed by atoms with Gasteiger partial charge in [-0.2, -0.15) is 0 Å². The molecule has 8 nitrogen and oxygen atoms in total. The lowest BCUT2D eigenvalue weighted by atomic mass is 10.1. The first-order valence-electron chi connectivity index (χ1n) is 11.5. The van der Waals surface area contributed by atoms with E-state index in [1.165, 1.54) is 24.3 Å². The zero-order valence-corrected chi connectivity index (χ0v) is 19.5. The summed E-state index contributed by atoms with van der Waals surface area (Å²) in [5.74, 6) is -4.58. The molecule has 11 heteroatoms. The number of aliphatic carboxylic acids is 1.